The molecule has 1 amide bonds. The maximum Gasteiger partial charge on any atom is 0.311 e. The molecule has 1 heterocycles. The van der Waals surface area contributed by atoms with E-state index in [1.807, 2.05) is 13.8 Å². The number of nitrogen functional groups attached to an aromatic ring is 1. The highest BCUT2D eigenvalue weighted by Crippen LogP contribution is 2.26. The third kappa shape index (κ3) is 5.09. The van der Waals surface area contributed by atoms with Crippen molar-refractivity contribution in [2.75, 3.05) is 17.7 Å². The summed E-state index contributed by atoms with van der Waals surface area (Å²) in [6.07, 6.45) is 1.47. The van der Waals surface area contributed by atoms with Crippen molar-refractivity contribution in [2.24, 2.45) is 0 Å². The van der Waals surface area contributed by atoms with E-state index in [2.05, 4.69) is 10.3 Å². The number of carbonyl (C=O) groups excluding carboxylic acids is 2. The first-order valence-electron chi connectivity index (χ1n) is 5.79. The summed E-state index contributed by atoms with van der Waals surface area (Å²) in [5.41, 5.74) is 7.05. The van der Waals surface area contributed by atoms with E-state index in [1.165, 1.54) is 6.08 Å². The van der Waals surface area contributed by atoms with E-state index in [-0.39, 0.29) is 18.3 Å². The highest BCUT2D eigenvalue weighted by Gasteiger charge is 2.14. The Labute approximate surface area is 115 Å². The summed E-state index contributed by atoms with van der Waals surface area (Å²) in [5, 5.41) is 3.38. The van der Waals surface area contributed by atoms with E-state index >= 15 is 0 Å². The molecule has 0 aromatic carbocycles. The molecule has 0 aliphatic rings. The Morgan fingerprint density at radius 3 is 2.74 bits per heavy atom. The fourth-order valence-corrected chi connectivity index (χ4v) is 2.05. The van der Waals surface area contributed by atoms with Crippen LogP contribution in [0, 0.1) is 0 Å². The molecule has 1 aromatic rings. The second-order valence-electron chi connectivity index (χ2n) is 4.02. The smallest absolute Gasteiger partial charge is 0.311 e. The number of carbonyl (C=O) groups is 2. The van der Waals surface area contributed by atoms with Gasteiger partial charge in [0.1, 0.15) is 5.00 Å². The third-order valence-corrected chi connectivity index (χ3v) is 2.84. The summed E-state index contributed by atoms with van der Waals surface area (Å²) in [5.74, 6) is -0.655. The van der Waals surface area contributed by atoms with E-state index in [0.29, 0.717) is 22.4 Å². The molecule has 6 nitrogen and oxygen atoms in total. The topological polar surface area (TPSA) is 94.3 Å². The number of amides is 1. The molecule has 104 valence electrons. The van der Waals surface area contributed by atoms with Crippen LogP contribution in [0.3, 0.4) is 0 Å². The molecular weight excluding hydrogens is 266 g/mol. The van der Waals surface area contributed by atoms with Crippen LogP contribution in [-0.4, -0.2) is 23.5 Å². The zero-order valence-corrected chi connectivity index (χ0v) is 12.0. The van der Waals surface area contributed by atoms with Crippen LogP contribution >= 0.6 is 11.3 Å². The molecule has 0 bridgehead atoms. The molecule has 19 heavy (non-hydrogen) atoms. The molecule has 0 aliphatic carbocycles. The van der Waals surface area contributed by atoms with Crippen molar-refractivity contribution >= 4 is 33.3 Å². The van der Waals surface area contributed by atoms with Crippen LogP contribution in [0.2, 0.25) is 0 Å². The summed E-state index contributed by atoms with van der Waals surface area (Å²) >= 11 is 1.13. The number of rotatable bonds is 5. The number of ether oxygens (including phenoxy) is 1. The largest absolute Gasteiger partial charge is 0.466 e. The Morgan fingerprint density at radius 2 is 2.16 bits per heavy atom. The van der Waals surface area contributed by atoms with Gasteiger partial charge >= 0.3 is 5.97 Å². The predicted molar refractivity (Wildman–Crippen MR) is 74.9 cm³/mol. The van der Waals surface area contributed by atoms with Crippen molar-refractivity contribution in [3.8, 4) is 0 Å². The van der Waals surface area contributed by atoms with Crippen molar-refractivity contribution in [1.29, 1.82) is 0 Å². The molecule has 0 saturated carbocycles. The Morgan fingerprint density at radius 1 is 1.47 bits per heavy atom. The average Bonchev–Trinajstić information content (AvgIpc) is 2.57. The Bertz CT molecular complexity index is 504. The molecule has 0 aliphatic heterocycles. The number of esters is 1. The highest BCUT2D eigenvalue weighted by atomic mass is 32.1. The molecule has 0 fully saturated rings. The maximum atomic E-state index is 11.5. The SMILES string of the molecule is CCOC(=O)Cc1nc(NC(=O)C=C(C)C)sc1N. The van der Waals surface area contributed by atoms with Crippen molar-refractivity contribution in [3.05, 3.63) is 17.3 Å². The van der Waals surface area contributed by atoms with Crippen LogP contribution in [0.15, 0.2) is 11.6 Å². The van der Waals surface area contributed by atoms with Crippen molar-refractivity contribution in [1.82, 2.24) is 4.98 Å². The van der Waals surface area contributed by atoms with Crippen LogP contribution in [-0.2, 0) is 20.7 Å². The van der Waals surface area contributed by atoms with Gasteiger partial charge in [-0.3, -0.25) is 14.9 Å². The van der Waals surface area contributed by atoms with Gasteiger partial charge in [-0.15, -0.1) is 0 Å². The zero-order valence-electron chi connectivity index (χ0n) is 11.1. The lowest BCUT2D eigenvalue weighted by molar-refractivity contribution is -0.142. The lowest BCUT2D eigenvalue weighted by atomic mass is 10.3. The summed E-state index contributed by atoms with van der Waals surface area (Å²) in [6.45, 7) is 5.68. The summed E-state index contributed by atoms with van der Waals surface area (Å²) in [6, 6.07) is 0. The predicted octanol–water partition coefficient (Wildman–Crippen LogP) is 1.74. The number of aromatic nitrogens is 1. The zero-order chi connectivity index (χ0) is 14.4. The number of anilines is 2. The molecule has 0 spiro atoms. The van der Waals surface area contributed by atoms with Crippen molar-refractivity contribution in [3.63, 3.8) is 0 Å². The van der Waals surface area contributed by atoms with Crippen LogP contribution in [0.1, 0.15) is 26.5 Å². The first-order chi connectivity index (χ1) is 8.92. The maximum absolute atomic E-state index is 11.5. The molecule has 0 saturated heterocycles. The monoisotopic (exact) mass is 283 g/mol. The van der Waals surface area contributed by atoms with Crippen molar-refractivity contribution in [2.45, 2.75) is 27.2 Å². The van der Waals surface area contributed by atoms with Crippen LogP contribution in [0.25, 0.3) is 0 Å². The first kappa shape index (κ1) is 15.2. The van der Waals surface area contributed by atoms with Gasteiger partial charge in [-0.05, 0) is 20.8 Å². The fraction of sp³-hybridized carbons (Fsp3) is 0.417. The molecule has 0 atom stereocenters. The van der Waals surface area contributed by atoms with Gasteiger partial charge in [-0.25, -0.2) is 4.98 Å². The van der Waals surface area contributed by atoms with Gasteiger partial charge in [0.2, 0.25) is 5.91 Å². The van der Waals surface area contributed by atoms with Gasteiger partial charge in [-0.2, -0.15) is 0 Å². The summed E-state index contributed by atoms with van der Waals surface area (Å²) in [4.78, 5) is 27.0. The minimum Gasteiger partial charge on any atom is -0.466 e. The van der Waals surface area contributed by atoms with E-state index in [1.54, 1.807) is 6.92 Å². The van der Waals surface area contributed by atoms with Gasteiger partial charge in [0.15, 0.2) is 5.13 Å². The van der Waals surface area contributed by atoms with Gasteiger partial charge in [-0.1, -0.05) is 16.9 Å². The minimum atomic E-state index is -0.387. The average molecular weight is 283 g/mol. The second kappa shape index (κ2) is 6.89. The number of hydrogen-bond donors (Lipinski definition) is 2. The molecule has 3 N–H and O–H groups in total. The Kier molecular flexibility index (Phi) is 5.50. The normalized spacial score (nSPS) is 9.84. The molecule has 1 rings (SSSR count). The van der Waals surface area contributed by atoms with E-state index in [0.717, 1.165) is 16.9 Å². The van der Waals surface area contributed by atoms with Crippen LogP contribution in [0.5, 0.6) is 0 Å². The molecule has 0 unspecified atom stereocenters. The molecule has 7 heteroatoms. The minimum absolute atomic E-state index is 0.00862. The molecular formula is C12H17N3O3S. The third-order valence-electron chi connectivity index (χ3n) is 1.99. The highest BCUT2D eigenvalue weighted by molar-refractivity contribution is 7.19. The Hall–Kier alpha value is -1.89. The second-order valence-corrected chi connectivity index (χ2v) is 5.05. The van der Waals surface area contributed by atoms with E-state index in [4.69, 9.17) is 10.5 Å². The standard InChI is InChI=1S/C12H17N3O3S/c1-4-18-10(17)6-8-11(13)19-12(14-8)15-9(16)5-7(2)3/h5H,4,6,13H2,1-3H3,(H,14,15,16). The number of nitrogens with one attached hydrogen (secondary N) is 1. The number of hydrogen-bond acceptors (Lipinski definition) is 6. The van der Waals surface area contributed by atoms with Gasteiger partial charge in [0, 0.05) is 6.08 Å². The number of allylic oxidation sites excluding steroid dienone is 1. The lowest BCUT2D eigenvalue weighted by Crippen LogP contribution is -2.10. The number of nitrogens with two attached hydrogens (primary N) is 1. The Balaban J connectivity index is 2.71. The van der Waals surface area contributed by atoms with Crippen LogP contribution < -0.4 is 11.1 Å². The summed E-state index contributed by atoms with van der Waals surface area (Å²) in [7, 11) is 0. The first-order valence-corrected chi connectivity index (χ1v) is 6.60. The van der Waals surface area contributed by atoms with E-state index in [9.17, 15) is 9.59 Å². The van der Waals surface area contributed by atoms with Gasteiger partial charge in [0.05, 0.1) is 18.7 Å². The molecule has 1 aromatic heterocycles. The lowest BCUT2D eigenvalue weighted by Gasteiger charge is -1.99. The number of thiazole rings is 1. The number of nitrogens with zero attached hydrogens (tertiary/aromatic N) is 1. The van der Waals surface area contributed by atoms with Gasteiger partial charge < -0.3 is 10.5 Å². The summed E-state index contributed by atoms with van der Waals surface area (Å²) < 4.78 is 4.82. The van der Waals surface area contributed by atoms with Crippen molar-refractivity contribution < 1.29 is 14.3 Å². The fourth-order valence-electron chi connectivity index (χ4n) is 1.30. The van der Waals surface area contributed by atoms with Gasteiger partial charge in [0.25, 0.3) is 0 Å². The van der Waals surface area contributed by atoms with E-state index < -0.39 is 0 Å². The molecule has 0 radical (unpaired) electrons. The van der Waals surface area contributed by atoms with Crippen LogP contribution in [0.4, 0.5) is 10.1 Å². The quantitative estimate of drug-likeness (QED) is 0.634.